The number of hydrogen-bond donors (Lipinski definition) is 1. The van der Waals surface area contributed by atoms with Gasteiger partial charge in [-0.25, -0.2) is 17.5 Å². The third-order valence-electron chi connectivity index (χ3n) is 4.86. The van der Waals surface area contributed by atoms with Crippen molar-refractivity contribution in [3.8, 4) is 0 Å². The molecule has 3 rings (SSSR count). The number of nitrogens with one attached hydrogen (secondary N) is 1. The van der Waals surface area contributed by atoms with Crippen LogP contribution in [0.3, 0.4) is 0 Å². The van der Waals surface area contributed by atoms with Gasteiger partial charge in [-0.3, -0.25) is 4.79 Å². The summed E-state index contributed by atoms with van der Waals surface area (Å²) in [5.74, 6) is -0.940. The fourth-order valence-electron chi connectivity index (χ4n) is 3.14. The van der Waals surface area contributed by atoms with Crippen LogP contribution in [0.15, 0.2) is 77.7 Å². The van der Waals surface area contributed by atoms with E-state index in [9.17, 15) is 30.8 Å². The molecular weight excluding hydrogens is 460 g/mol. The summed E-state index contributed by atoms with van der Waals surface area (Å²) in [6.45, 7) is 1.32. The van der Waals surface area contributed by atoms with Crippen LogP contribution in [0.1, 0.15) is 21.5 Å². The second kappa shape index (κ2) is 9.72. The number of benzene rings is 3. The number of sulfonamides is 1. The number of rotatable bonds is 7. The molecule has 0 aliphatic rings. The van der Waals surface area contributed by atoms with Gasteiger partial charge in [0.25, 0.3) is 5.91 Å². The van der Waals surface area contributed by atoms with Crippen LogP contribution in [0.4, 0.5) is 23.2 Å². The first-order valence-electron chi connectivity index (χ1n) is 9.79. The number of anilines is 1. The predicted octanol–water partition coefficient (Wildman–Crippen LogP) is 4.78. The Balaban J connectivity index is 1.82. The maximum absolute atomic E-state index is 13.4. The quantitative estimate of drug-likeness (QED) is 0.495. The lowest BCUT2D eigenvalue weighted by molar-refractivity contribution is -0.137. The third-order valence-corrected chi connectivity index (χ3v) is 6.32. The summed E-state index contributed by atoms with van der Waals surface area (Å²) >= 11 is 0. The van der Waals surface area contributed by atoms with Gasteiger partial charge in [-0.1, -0.05) is 24.3 Å². The molecule has 5 nitrogen and oxygen atoms in total. The Morgan fingerprint density at radius 2 is 1.64 bits per heavy atom. The molecule has 1 N–H and O–H groups in total. The van der Waals surface area contributed by atoms with Crippen molar-refractivity contribution in [2.45, 2.75) is 18.0 Å². The maximum atomic E-state index is 13.4. The van der Waals surface area contributed by atoms with E-state index in [0.717, 1.165) is 18.2 Å². The van der Waals surface area contributed by atoms with Crippen LogP contribution in [0, 0.1) is 12.7 Å². The highest BCUT2D eigenvalue weighted by Crippen LogP contribution is 2.30. The standard InChI is InChI=1S/C23H20F4N2O3S/c1-16-5-2-3-8-21(16)22(30)29(19-11-9-18(24)10-12-19)14-13-28-33(31,32)20-7-4-6-17(15-20)23(25,26)27/h2-12,15,28H,13-14H2,1H3. The molecule has 0 aromatic heterocycles. The number of alkyl halides is 3. The van der Waals surface area contributed by atoms with E-state index in [2.05, 4.69) is 4.72 Å². The third kappa shape index (κ3) is 5.96. The Kier molecular flexibility index (Phi) is 7.19. The summed E-state index contributed by atoms with van der Waals surface area (Å²) in [6, 6.07) is 15.3. The van der Waals surface area contributed by atoms with Crippen molar-refractivity contribution < 1.29 is 30.8 Å². The van der Waals surface area contributed by atoms with Crippen LogP contribution in [0.5, 0.6) is 0 Å². The van der Waals surface area contributed by atoms with Crippen molar-refractivity contribution in [2.24, 2.45) is 0 Å². The van der Waals surface area contributed by atoms with E-state index in [4.69, 9.17) is 0 Å². The van der Waals surface area contributed by atoms with E-state index in [1.807, 2.05) is 0 Å². The molecule has 0 radical (unpaired) electrons. The minimum Gasteiger partial charge on any atom is -0.307 e. The molecule has 0 atom stereocenters. The van der Waals surface area contributed by atoms with Gasteiger partial charge in [0.15, 0.2) is 0 Å². The number of carbonyl (C=O) groups is 1. The Bertz CT molecular complexity index is 1240. The van der Waals surface area contributed by atoms with Gasteiger partial charge in [0.1, 0.15) is 5.82 Å². The first-order chi connectivity index (χ1) is 15.5. The van der Waals surface area contributed by atoms with E-state index in [-0.39, 0.29) is 13.1 Å². The largest absolute Gasteiger partial charge is 0.416 e. The molecule has 0 saturated carbocycles. The molecule has 0 fully saturated rings. The van der Waals surface area contributed by atoms with Crippen molar-refractivity contribution in [2.75, 3.05) is 18.0 Å². The van der Waals surface area contributed by atoms with E-state index in [0.29, 0.717) is 22.9 Å². The van der Waals surface area contributed by atoms with Gasteiger partial charge in [-0.15, -0.1) is 0 Å². The summed E-state index contributed by atoms with van der Waals surface area (Å²) in [7, 11) is -4.27. The Morgan fingerprint density at radius 3 is 2.27 bits per heavy atom. The second-order valence-electron chi connectivity index (χ2n) is 7.17. The summed E-state index contributed by atoms with van der Waals surface area (Å²) in [6.07, 6.45) is -4.69. The first kappa shape index (κ1) is 24.4. The van der Waals surface area contributed by atoms with Crippen molar-refractivity contribution in [1.82, 2.24) is 4.72 Å². The predicted molar refractivity (Wildman–Crippen MR) is 116 cm³/mol. The molecule has 174 valence electrons. The number of nitrogens with zero attached hydrogens (tertiary/aromatic N) is 1. The average molecular weight is 480 g/mol. The van der Waals surface area contributed by atoms with Crippen molar-refractivity contribution in [1.29, 1.82) is 0 Å². The number of aryl methyl sites for hydroxylation is 1. The molecule has 0 bridgehead atoms. The molecule has 0 unspecified atom stereocenters. The molecule has 0 heterocycles. The van der Waals surface area contributed by atoms with E-state index in [1.165, 1.54) is 29.2 Å². The lowest BCUT2D eigenvalue weighted by Crippen LogP contribution is -2.39. The van der Waals surface area contributed by atoms with Crippen molar-refractivity contribution in [3.05, 3.63) is 95.3 Å². The molecule has 3 aromatic carbocycles. The molecule has 10 heteroatoms. The highest BCUT2D eigenvalue weighted by molar-refractivity contribution is 7.89. The van der Waals surface area contributed by atoms with Gasteiger partial charge < -0.3 is 4.90 Å². The average Bonchev–Trinajstić information content (AvgIpc) is 2.77. The molecular formula is C23H20F4N2O3S. The Labute approximate surface area is 188 Å². The van der Waals surface area contributed by atoms with Crippen LogP contribution in [-0.2, 0) is 16.2 Å². The van der Waals surface area contributed by atoms with Crippen LogP contribution < -0.4 is 9.62 Å². The normalized spacial score (nSPS) is 11.9. The molecule has 3 aromatic rings. The van der Waals surface area contributed by atoms with Crippen molar-refractivity contribution in [3.63, 3.8) is 0 Å². The van der Waals surface area contributed by atoms with Crippen molar-refractivity contribution >= 4 is 21.6 Å². The smallest absolute Gasteiger partial charge is 0.307 e. The second-order valence-corrected chi connectivity index (χ2v) is 8.94. The summed E-state index contributed by atoms with van der Waals surface area (Å²) < 4.78 is 79.5. The highest BCUT2D eigenvalue weighted by Gasteiger charge is 2.31. The van der Waals surface area contributed by atoms with Gasteiger partial charge in [-0.2, -0.15) is 13.2 Å². The van der Waals surface area contributed by atoms with Crippen LogP contribution in [-0.4, -0.2) is 27.4 Å². The molecule has 0 spiro atoms. The maximum Gasteiger partial charge on any atom is 0.416 e. The Hall–Kier alpha value is -3.24. The number of halogens is 4. The molecule has 0 aliphatic carbocycles. The van der Waals surface area contributed by atoms with Crippen LogP contribution in [0.25, 0.3) is 0 Å². The van der Waals surface area contributed by atoms with Gasteiger partial charge in [0.2, 0.25) is 10.0 Å². The lowest BCUT2D eigenvalue weighted by Gasteiger charge is -2.24. The number of hydrogen-bond acceptors (Lipinski definition) is 3. The lowest BCUT2D eigenvalue weighted by atomic mass is 10.1. The minimum atomic E-state index is -4.69. The van der Waals surface area contributed by atoms with Crippen LogP contribution in [0.2, 0.25) is 0 Å². The zero-order chi connectivity index (χ0) is 24.2. The topological polar surface area (TPSA) is 66.5 Å². The van der Waals surface area contributed by atoms with Gasteiger partial charge >= 0.3 is 6.18 Å². The van der Waals surface area contributed by atoms with E-state index in [1.54, 1.807) is 31.2 Å². The summed E-state index contributed by atoms with van der Waals surface area (Å²) in [5.41, 5.74) is 0.317. The Morgan fingerprint density at radius 1 is 0.970 bits per heavy atom. The molecule has 33 heavy (non-hydrogen) atoms. The van der Waals surface area contributed by atoms with Crippen LogP contribution >= 0.6 is 0 Å². The minimum absolute atomic E-state index is 0.142. The van der Waals surface area contributed by atoms with E-state index < -0.39 is 38.4 Å². The zero-order valence-corrected chi connectivity index (χ0v) is 18.3. The monoisotopic (exact) mass is 480 g/mol. The summed E-state index contributed by atoms with van der Waals surface area (Å²) in [5, 5.41) is 0. The SMILES string of the molecule is Cc1ccccc1C(=O)N(CCNS(=O)(=O)c1cccc(C(F)(F)F)c1)c1ccc(F)cc1. The first-order valence-corrected chi connectivity index (χ1v) is 11.3. The van der Waals surface area contributed by atoms with Gasteiger partial charge in [-0.05, 0) is 61.0 Å². The number of amides is 1. The number of carbonyl (C=O) groups excluding carboxylic acids is 1. The molecule has 0 aliphatic heterocycles. The fraction of sp³-hybridized carbons (Fsp3) is 0.174. The highest BCUT2D eigenvalue weighted by atomic mass is 32.2. The van der Waals surface area contributed by atoms with E-state index >= 15 is 0 Å². The fourth-order valence-corrected chi connectivity index (χ4v) is 4.21. The molecule has 1 amide bonds. The zero-order valence-electron chi connectivity index (χ0n) is 17.4. The van der Waals surface area contributed by atoms with Gasteiger partial charge in [0, 0.05) is 24.3 Å². The van der Waals surface area contributed by atoms with Gasteiger partial charge in [0.05, 0.1) is 10.5 Å². The summed E-state index contributed by atoms with van der Waals surface area (Å²) in [4.78, 5) is 13.9. The molecule has 0 saturated heterocycles.